The van der Waals surface area contributed by atoms with Crippen LogP contribution in [-0.4, -0.2) is 19.1 Å². The van der Waals surface area contributed by atoms with Gasteiger partial charge >= 0.3 is 5.97 Å². The maximum atomic E-state index is 11.9. The molecule has 0 aliphatic heterocycles. The molecule has 0 radical (unpaired) electrons. The summed E-state index contributed by atoms with van der Waals surface area (Å²) in [5.74, 6) is 0.712. The van der Waals surface area contributed by atoms with Crippen molar-refractivity contribution < 1.29 is 9.53 Å². The SMILES string of the molecule is CCC(CC)(CN)C(=O)OCCC1CC1. The van der Waals surface area contributed by atoms with Gasteiger partial charge in [-0.1, -0.05) is 26.7 Å². The fraction of sp³-hybridized carbons (Fsp3) is 0.917. The first kappa shape index (κ1) is 12.5. The maximum Gasteiger partial charge on any atom is 0.313 e. The molecular formula is C12H23NO2. The standard InChI is InChI=1S/C12H23NO2/c1-3-12(4-2,9-13)11(14)15-8-7-10-5-6-10/h10H,3-9,13H2,1-2H3. The van der Waals surface area contributed by atoms with E-state index in [1.807, 2.05) is 13.8 Å². The van der Waals surface area contributed by atoms with E-state index in [4.69, 9.17) is 10.5 Å². The van der Waals surface area contributed by atoms with Crippen LogP contribution < -0.4 is 5.73 Å². The number of hydrogen-bond acceptors (Lipinski definition) is 3. The molecule has 0 atom stereocenters. The van der Waals surface area contributed by atoms with E-state index in [2.05, 4.69) is 0 Å². The minimum absolute atomic E-state index is 0.101. The molecule has 1 saturated carbocycles. The zero-order valence-electron chi connectivity index (χ0n) is 9.92. The molecule has 0 aromatic carbocycles. The van der Waals surface area contributed by atoms with Crippen molar-refractivity contribution >= 4 is 5.97 Å². The highest BCUT2D eigenvalue weighted by Gasteiger charge is 2.35. The van der Waals surface area contributed by atoms with Gasteiger partial charge in [0.1, 0.15) is 0 Å². The second-order valence-corrected chi connectivity index (χ2v) is 4.56. The number of carbonyl (C=O) groups is 1. The Labute approximate surface area is 92.4 Å². The molecule has 0 amide bonds. The first-order valence-electron chi connectivity index (χ1n) is 6.05. The zero-order valence-corrected chi connectivity index (χ0v) is 9.92. The number of hydrogen-bond donors (Lipinski definition) is 1. The molecule has 0 spiro atoms. The van der Waals surface area contributed by atoms with Crippen molar-refractivity contribution in [2.45, 2.75) is 46.0 Å². The normalized spacial score (nSPS) is 16.5. The summed E-state index contributed by atoms with van der Waals surface area (Å²) >= 11 is 0. The smallest absolute Gasteiger partial charge is 0.313 e. The molecular weight excluding hydrogens is 190 g/mol. The molecule has 88 valence electrons. The van der Waals surface area contributed by atoms with Gasteiger partial charge in [-0.05, 0) is 25.2 Å². The second-order valence-electron chi connectivity index (χ2n) is 4.56. The van der Waals surface area contributed by atoms with Crippen LogP contribution in [-0.2, 0) is 9.53 Å². The fourth-order valence-corrected chi connectivity index (χ4v) is 1.79. The van der Waals surface area contributed by atoms with E-state index in [-0.39, 0.29) is 5.97 Å². The Morgan fingerprint density at radius 1 is 1.40 bits per heavy atom. The van der Waals surface area contributed by atoms with Crippen LogP contribution in [0.15, 0.2) is 0 Å². The van der Waals surface area contributed by atoms with E-state index in [9.17, 15) is 4.79 Å². The molecule has 0 aromatic rings. The summed E-state index contributed by atoms with van der Waals surface area (Å²) in [5.41, 5.74) is 5.23. The average molecular weight is 213 g/mol. The third-order valence-electron chi connectivity index (χ3n) is 3.63. The molecule has 0 bridgehead atoms. The first-order chi connectivity index (χ1) is 7.18. The van der Waals surface area contributed by atoms with Crippen molar-refractivity contribution in [3.8, 4) is 0 Å². The van der Waals surface area contributed by atoms with Crippen molar-refractivity contribution in [1.82, 2.24) is 0 Å². The summed E-state index contributed by atoms with van der Waals surface area (Å²) in [6.07, 6.45) is 5.17. The minimum Gasteiger partial charge on any atom is -0.465 e. The van der Waals surface area contributed by atoms with Gasteiger partial charge < -0.3 is 10.5 Å². The third kappa shape index (κ3) is 3.20. The van der Waals surface area contributed by atoms with Gasteiger partial charge in [0.2, 0.25) is 0 Å². The summed E-state index contributed by atoms with van der Waals surface area (Å²) < 4.78 is 5.31. The monoisotopic (exact) mass is 213 g/mol. The zero-order chi connectivity index (χ0) is 11.3. The highest BCUT2D eigenvalue weighted by atomic mass is 16.5. The van der Waals surface area contributed by atoms with Crippen LogP contribution in [0.25, 0.3) is 0 Å². The third-order valence-corrected chi connectivity index (χ3v) is 3.63. The lowest BCUT2D eigenvalue weighted by Crippen LogP contribution is -2.39. The van der Waals surface area contributed by atoms with Gasteiger partial charge in [0.05, 0.1) is 12.0 Å². The first-order valence-corrected chi connectivity index (χ1v) is 6.05. The highest BCUT2D eigenvalue weighted by Crippen LogP contribution is 2.33. The molecule has 3 heteroatoms. The Hall–Kier alpha value is -0.570. The van der Waals surface area contributed by atoms with E-state index in [1.54, 1.807) is 0 Å². The lowest BCUT2D eigenvalue weighted by Gasteiger charge is -2.27. The van der Waals surface area contributed by atoms with E-state index in [0.717, 1.165) is 25.2 Å². The van der Waals surface area contributed by atoms with E-state index in [1.165, 1.54) is 12.8 Å². The Morgan fingerprint density at radius 3 is 2.40 bits per heavy atom. The number of rotatable bonds is 7. The number of ether oxygens (including phenoxy) is 1. The number of carbonyl (C=O) groups excluding carboxylic acids is 1. The van der Waals surface area contributed by atoms with Crippen LogP contribution in [0, 0.1) is 11.3 Å². The summed E-state index contributed by atoms with van der Waals surface area (Å²) in [7, 11) is 0. The summed E-state index contributed by atoms with van der Waals surface area (Å²) in [4.78, 5) is 11.9. The molecule has 0 aromatic heterocycles. The molecule has 0 heterocycles. The lowest BCUT2D eigenvalue weighted by molar-refractivity contribution is -0.156. The van der Waals surface area contributed by atoms with Crippen molar-refractivity contribution in [1.29, 1.82) is 0 Å². The van der Waals surface area contributed by atoms with Crippen LogP contribution in [0.4, 0.5) is 0 Å². The molecule has 1 fully saturated rings. The predicted octanol–water partition coefficient (Wildman–Crippen LogP) is 2.09. The van der Waals surface area contributed by atoms with Gasteiger partial charge in [-0.3, -0.25) is 4.79 Å². The average Bonchev–Trinajstić information content (AvgIpc) is 3.05. The largest absolute Gasteiger partial charge is 0.465 e. The van der Waals surface area contributed by atoms with E-state index < -0.39 is 5.41 Å². The topological polar surface area (TPSA) is 52.3 Å². The van der Waals surface area contributed by atoms with Crippen LogP contribution in [0.2, 0.25) is 0 Å². The highest BCUT2D eigenvalue weighted by molar-refractivity contribution is 5.77. The molecule has 0 saturated heterocycles. The molecule has 1 rings (SSSR count). The van der Waals surface area contributed by atoms with Gasteiger partial charge in [0.15, 0.2) is 0 Å². The van der Waals surface area contributed by atoms with Gasteiger partial charge in [0, 0.05) is 6.54 Å². The Morgan fingerprint density at radius 2 is 2.00 bits per heavy atom. The summed E-state index contributed by atoms with van der Waals surface area (Å²) in [5, 5.41) is 0. The number of esters is 1. The van der Waals surface area contributed by atoms with E-state index in [0.29, 0.717) is 13.2 Å². The van der Waals surface area contributed by atoms with Crippen LogP contribution >= 0.6 is 0 Å². The van der Waals surface area contributed by atoms with Crippen molar-refractivity contribution in [2.75, 3.05) is 13.2 Å². The Kier molecular flexibility index (Phi) is 4.58. The minimum atomic E-state index is -0.441. The van der Waals surface area contributed by atoms with E-state index >= 15 is 0 Å². The van der Waals surface area contributed by atoms with Gasteiger partial charge in [0.25, 0.3) is 0 Å². The number of nitrogens with two attached hydrogens (primary N) is 1. The van der Waals surface area contributed by atoms with Crippen molar-refractivity contribution in [2.24, 2.45) is 17.1 Å². The second kappa shape index (κ2) is 5.50. The molecule has 0 unspecified atom stereocenters. The Bertz CT molecular complexity index is 199. The van der Waals surface area contributed by atoms with Crippen LogP contribution in [0.3, 0.4) is 0 Å². The van der Waals surface area contributed by atoms with Gasteiger partial charge in [-0.25, -0.2) is 0 Å². The summed E-state index contributed by atoms with van der Waals surface area (Å²) in [6, 6.07) is 0. The predicted molar refractivity (Wildman–Crippen MR) is 60.4 cm³/mol. The van der Waals surface area contributed by atoms with Crippen LogP contribution in [0.1, 0.15) is 46.0 Å². The molecule has 1 aliphatic rings. The molecule has 2 N–H and O–H groups in total. The van der Waals surface area contributed by atoms with Crippen molar-refractivity contribution in [3.63, 3.8) is 0 Å². The molecule has 1 aliphatic carbocycles. The Balaban J connectivity index is 2.33. The molecule has 3 nitrogen and oxygen atoms in total. The summed E-state index contributed by atoms with van der Waals surface area (Å²) in [6.45, 7) is 4.96. The van der Waals surface area contributed by atoms with Gasteiger partial charge in [-0.15, -0.1) is 0 Å². The van der Waals surface area contributed by atoms with Crippen LogP contribution in [0.5, 0.6) is 0 Å². The quantitative estimate of drug-likeness (QED) is 0.659. The molecule has 15 heavy (non-hydrogen) atoms. The lowest BCUT2D eigenvalue weighted by atomic mass is 9.82. The van der Waals surface area contributed by atoms with Gasteiger partial charge in [-0.2, -0.15) is 0 Å². The fourth-order valence-electron chi connectivity index (χ4n) is 1.79. The maximum absolute atomic E-state index is 11.9. The van der Waals surface area contributed by atoms with Crippen molar-refractivity contribution in [3.05, 3.63) is 0 Å².